The largest absolute Gasteiger partial charge is 0.368 e. The summed E-state index contributed by atoms with van der Waals surface area (Å²) >= 11 is 12.0. The van der Waals surface area contributed by atoms with Crippen LogP contribution in [0.3, 0.4) is 0 Å². The van der Waals surface area contributed by atoms with Crippen LogP contribution in [0.5, 0.6) is 0 Å². The molecule has 1 heterocycles. The summed E-state index contributed by atoms with van der Waals surface area (Å²) in [5.41, 5.74) is 1.16. The van der Waals surface area contributed by atoms with Gasteiger partial charge in [-0.2, -0.15) is 0 Å². The molecule has 0 amide bonds. The summed E-state index contributed by atoms with van der Waals surface area (Å²) in [6.07, 6.45) is 0. The highest BCUT2D eigenvalue weighted by Gasteiger charge is 2.26. The predicted molar refractivity (Wildman–Crippen MR) is 75.4 cm³/mol. The number of likely N-dealkylation sites (N-methyl/N-ethyl adjacent to an activating group) is 1. The summed E-state index contributed by atoms with van der Waals surface area (Å²) in [5.74, 6) is 0. The van der Waals surface area contributed by atoms with Gasteiger partial charge in [-0.3, -0.25) is 4.90 Å². The summed E-state index contributed by atoms with van der Waals surface area (Å²) in [4.78, 5) is 4.78. The van der Waals surface area contributed by atoms with Gasteiger partial charge in [0.1, 0.15) is 0 Å². The van der Waals surface area contributed by atoms with E-state index in [0.717, 1.165) is 18.8 Å². The number of anilines is 1. The van der Waals surface area contributed by atoms with E-state index in [1.807, 2.05) is 18.2 Å². The maximum atomic E-state index is 6.07. The topological polar surface area (TPSA) is 6.48 Å². The zero-order chi connectivity index (χ0) is 12.6. The highest BCUT2D eigenvalue weighted by molar-refractivity contribution is 6.42. The van der Waals surface area contributed by atoms with Crippen molar-refractivity contribution >= 4 is 28.9 Å². The molecule has 1 fully saturated rings. The van der Waals surface area contributed by atoms with E-state index < -0.39 is 0 Å². The van der Waals surface area contributed by atoms with Crippen LogP contribution in [-0.4, -0.2) is 37.1 Å². The Bertz CT molecular complexity index is 396. The fourth-order valence-corrected chi connectivity index (χ4v) is 2.59. The maximum absolute atomic E-state index is 6.07. The molecule has 0 unspecified atom stereocenters. The van der Waals surface area contributed by atoms with Crippen molar-refractivity contribution in [3.8, 4) is 0 Å². The lowest BCUT2D eigenvalue weighted by Gasteiger charge is -2.43. The zero-order valence-electron chi connectivity index (χ0n) is 10.5. The lowest BCUT2D eigenvalue weighted by Crippen LogP contribution is -2.55. The molecule has 0 N–H and O–H groups in total. The van der Waals surface area contributed by atoms with Gasteiger partial charge in [-0.25, -0.2) is 0 Å². The minimum absolute atomic E-state index is 0.549. The molecule has 0 saturated carbocycles. The van der Waals surface area contributed by atoms with E-state index in [9.17, 15) is 0 Å². The molecule has 17 heavy (non-hydrogen) atoms. The van der Waals surface area contributed by atoms with E-state index in [0.29, 0.717) is 22.1 Å². The molecule has 2 nitrogen and oxygen atoms in total. The Morgan fingerprint density at radius 2 is 1.65 bits per heavy atom. The van der Waals surface area contributed by atoms with Gasteiger partial charge < -0.3 is 4.90 Å². The van der Waals surface area contributed by atoms with Crippen LogP contribution in [0.4, 0.5) is 5.69 Å². The standard InChI is InChI=1S/C13H18Cl2N2/c1-9-7-17(8-10(2)16(9)3)11-4-5-12(14)13(15)6-11/h4-6,9-10H,7-8H2,1-3H3/t9-,10+. The minimum atomic E-state index is 0.549. The second kappa shape index (κ2) is 5.05. The number of hydrogen-bond donors (Lipinski definition) is 0. The van der Waals surface area contributed by atoms with Crippen molar-refractivity contribution in [1.29, 1.82) is 0 Å². The molecule has 0 radical (unpaired) electrons. The molecule has 1 aliphatic heterocycles. The van der Waals surface area contributed by atoms with Gasteiger partial charge in [0.2, 0.25) is 0 Å². The third kappa shape index (κ3) is 2.70. The molecular weight excluding hydrogens is 255 g/mol. The SMILES string of the molecule is C[C@@H]1CN(c2ccc(Cl)c(Cl)c2)C[C@H](C)N1C. The molecular formula is C13H18Cl2N2. The number of hydrogen-bond acceptors (Lipinski definition) is 2. The van der Waals surface area contributed by atoms with Crippen molar-refractivity contribution in [2.75, 3.05) is 25.0 Å². The van der Waals surface area contributed by atoms with Crippen LogP contribution in [0.15, 0.2) is 18.2 Å². The molecule has 2 rings (SSSR count). The first-order chi connectivity index (χ1) is 7.99. The van der Waals surface area contributed by atoms with E-state index in [2.05, 4.69) is 30.7 Å². The molecule has 4 heteroatoms. The molecule has 0 spiro atoms. The molecule has 2 atom stereocenters. The lowest BCUT2D eigenvalue weighted by molar-refractivity contribution is 0.170. The number of piperazine rings is 1. The van der Waals surface area contributed by atoms with Crippen molar-refractivity contribution in [2.24, 2.45) is 0 Å². The van der Waals surface area contributed by atoms with Crippen molar-refractivity contribution in [2.45, 2.75) is 25.9 Å². The summed E-state index contributed by atoms with van der Waals surface area (Å²) in [5, 5.41) is 1.24. The molecule has 0 bridgehead atoms. The summed E-state index contributed by atoms with van der Waals surface area (Å²) in [6, 6.07) is 6.96. The summed E-state index contributed by atoms with van der Waals surface area (Å²) in [7, 11) is 2.18. The second-order valence-corrected chi connectivity index (χ2v) is 5.68. The van der Waals surface area contributed by atoms with E-state index in [4.69, 9.17) is 23.2 Å². The van der Waals surface area contributed by atoms with Crippen LogP contribution in [0.1, 0.15) is 13.8 Å². The van der Waals surface area contributed by atoms with Crippen LogP contribution in [0.25, 0.3) is 0 Å². The first-order valence-electron chi connectivity index (χ1n) is 5.91. The first kappa shape index (κ1) is 13.0. The van der Waals surface area contributed by atoms with Gasteiger partial charge in [0.25, 0.3) is 0 Å². The normalized spacial score (nSPS) is 26.3. The second-order valence-electron chi connectivity index (χ2n) is 4.87. The molecule has 1 saturated heterocycles. The third-order valence-electron chi connectivity index (χ3n) is 3.63. The van der Waals surface area contributed by atoms with Crippen molar-refractivity contribution in [3.63, 3.8) is 0 Å². The number of benzene rings is 1. The highest BCUT2D eigenvalue weighted by atomic mass is 35.5. The van der Waals surface area contributed by atoms with Crippen molar-refractivity contribution < 1.29 is 0 Å². The van der Waals surface area contributed by atoms with Gasteiger partial charge in [-0.05, 0) is 39.1 Å². The predicted octanol–water partition coefficient (Wildman–Crippen LogP) is 3.52. The van der Waals surface area contributed by atoms with Gasteiger partial charge in [-0.1, -0.05) is 23.2 Å². The van der Waals surface area contributed by atoms with E-state index >= 15 is 0 Å². The zero-order valence-corrected chi connectivity index (χ0v) is 12.0. The molecule has 1 aromatic rings. The molecule has 0 aliphatic carbocycles. The fourth-order valence-electron chi connectivity index (χ4n) is 2.30. The molecule has 1 aliphatic rings. The Morgan fingerprint density at radius 1 is 1.06 bits per heavy atom. The van der Waals surface area contributed by atoms with Gasteiger partial charge in [0.05, 0.1) is 10.0 Å². The van der Waals surface area contributed by atoms with E-state index in [-0.39, 0.29) is 0 Å². The lowest BCUT2D eigenvalue weighted by atomic mass is 10.1. The maximum Gasteiger partial charge on any atom is 0.0612 e. The number of halogens is 2. The first-order valence-corrected chi connectivity index (χ1v) is 6.66. The van der Waals surface area contributed by atoms with Crippen LogP contribution >= 0.6 is 23.2 Å². The van der Waals surface area contributed by atoms with E-state index in [1.54, 1.807) is 0 Å². The summed E-state index contributed by atoms with van der Waals surface area (Å²) in [6.45, 7) is 6.55. The quantitative estimate of drug-likeness (QED) is 0.772. The summed E-state index contributed by atoms with van der Waals surface area (Å²) < 4.78 is 0. The van der Waals surface area contributed by atoms with E-state index in [1.165, 1.54) is 0 Å². The Labute approximate surface area is 113 Å². The fraction of sp³-hybridized carbons (Fsp3) is 0.538. The monoisotopic (exact) mass is 272 g/mol. The van der Waals surface area contributed by atoms with Gasteiger partial charge in [0, 0.05) is 30.9 Å². The molecule has 94 valence electrons. The van der Waals surface area contributed by atoms with Gasteiger partial charge in [0.15, 0.2) is 0 Å². The number of rotatable bonds is 1. The molecule has 1 aromatic carbocycles. The highest BCUT2D eigenvalue weighted by Crippen LogP contribution is 2.29. The Kier molecular flexibility index (Phi) is 3.86. The average Bonchev–Trinajstić information content (AvgIpc) is 2.29. The Hall–Kier alpha value is -0.440. The minimum Gasteiger partial charge on any atom is -0.368 e. The van der Waals surface area contributed by atoms with Crippen molar-refractivity contribution in [1.82, 2.24) is 4.90 Å². The number of nitrogens with zero attached hydrogens (tertiary/aromatic N) is 2. The van der Waals surface area contributed by atoms with Gasteiger partial charge in [-0.15, -0.1) is 0 Å². The average molecular weight is 273 g/mol. The van der Waals surface area contributed by atoms with Crippen LogP contribution in [0, 0.1) is 0 Å². The van der Waals surface area contributed by atoms with Gasteiger partial charge >= 0.3 is 0 Å². The van der Waals surface area contributed by atoms with Crippen LogP contribution in [0.2, 0.25) is 10.0 Å². The smallest absolute Gasteiger partial charge is 0.0612 e. The van der Waals surface area contributed by atoms with Crippen LogP contribution in [-0.2, 0) is 0 Å². The Balaban J connectivity index is 2.20. The molecule has 0 aromatic heterocycles. The third-order valence-corrected chi connectivity index (χ3v) is 4.37. The van der Waals surface area contributed by atoms with Crippen molar-refractivity contribution in [3.05, 3.63) is 28.2 Å². The van der Waals surface area contributed by atoms with Crippen LogP contribution < -0.4 is 4.90 Å². The Morgan fingerprint density at radius 3 is 2.18 bits per heavy atom.